The van der Waals surface area contributed by atoms with Crippen LogP contribution in [0.25, 0.3) is 0 Å². The normalized spacial score (nSPS) is 17.5. The third kappa shape index (κ3) is 5.14. The Morgan fingerprint density at radius 3 is 2.89 bits per heavy atom. The van der Waals surface area contributed by atoms with E-state index in [-0.39, 0.29) is 24.0 Å². The van der Waals surface area contributed by atoms with Gasteiger partial charge in [0.25, 0.3) is 5.91 Å². The highest BCUT2D eigenvalue weighted by molar-refractivity contribution is 7.10. The zero-order valence-corrected chi connectivity index (χ0v) is 17.2. The van der Waals surface area contributed by atoms with E-state index in [2.05, 4.69) is 34.4 Å². The Morgan fingerprint density at radius 1 is 1.39 bits per heavy atom. The van der Waals surface area contributed by atoms with E-state index in [1.807, 2.05) is 19.1 Å². The van der Waals surface area contributed by atoms with Crippen molar-refractivity contribution in [3.8, 4) is 0 Å². The number of thiazole rings is 1. The minimum absolute atomic E-state index is 0.103. The lowest BCUT2D eigenvalue weighted by Crippen LogP contribution is -2.37. The number of aryl methyl sites for hydroxylation is 1. The van der Waals surface area contributed by atoms with Gasteiger partial charge >= 0.3 is 0 Å². The van der Waals surface area contributed by atoms with Crippen molar-refractivity contribution < 1.29 is 14.3 Å². The SMILES string of the molecule is Cc1cccnc1NC(=O)c1csc([C@@H](CC(C)C)NC(=O)[C@@H]2CCCO2)n1. The van der Waals surface area contributed by atoms with Crippen molar-refractivity contribution in [2.75, 3.05) is 11.9 Å². The van der Waals surface area contributed by atoms with Gasteiger partial charge in [0.1, 0.15) is 22.6 Å². The molecular formula is C20H26N4O3S. The Labute approximate surface area is 168 Å². The minimum atomic E-state index is -0.385. The maximum Gasteiger partial charge on any atom is 0.276 e. The Balaban J connectivity index is 1.71. The van der Waals surface area contributed by atoms with Gasteiger partial charge in [-0.1, -0.05) is 19.9 Å². The largest absolute Gasteiger partial charge is 0.368 e. The lowest BCUT2D eigenvalue weighted by Gasteiger charge is -2.20. The molecule has 0 spiro atoms. The molecule has 2 aromatic rings. The van der Waals surface area contributed by atoms with Gasteiger partial charge < -0.3 is 15.4 Å². The van der Waals surface area contributed by atoms with Crippen LogP contribution in [0.4, 0.5) is 5.82 Å². The topological polar surface area (TPSA) is 93.2 Å². The zero-order valence-electron chi connectivity index (χ0n) is 16.4. The number of rotatable bonds is 7. The van der Waals surface area contributed by atoms with Crippen molar-refractivity contribution in [2.45, 2.75) is 52.2 Å². The van der Waals surface area contributed by atoms with Crippen molar-refractivity contribution >= 4 is 29.0 Å². The monoisotopic (exact) mass is 402 g/mol. The summed E-state index contributed by atoms with van der Waals surface area (Å²) in [6.45, 7) is 6.70. The molecule has 2 aromatic heterocycles. The van der Waals surface area contributed by atoms with E-state index in [9.17, 15) is 9.59 Å². The van der Waals surface area contributed by atoms with E-state index in [1.54, 1.807) is 11.6 Å². The van der Waals surface area contributed by atoms with E-state index < -0.39 is 0 Å². The molecule has 7 nitrogen and oxygen atoms in total. The fourth-order valence-corrected chi connectivity index (χ4v) is 3.94. The number of pyridine rings is 1. The quantitative estimate of drug-likeness (QED) is 0.740. The van der Waals surface area contributed by atoms with Crippen LogP contribution in [-0.4, -0.2) is 34.5 Å². The van der Waals surface area contributed by atoms with Crippen LogP contribution >= 0.6 is 11.3 Å². The van der Waals surface area contributed by atoms with Gasteiger partial charge in [-0.25, -0.2) is 9.97 Å². The fraction of sp³-hybridized carbons (Fsp3) is 0.500. The second-order valence-corrected chi connectivity index (χ2v) is 8.28. The Morgan fingerprint density at radius 2 is 2.21 bits per heavy atom. The van der Waals surface area contributed by atoms with Gasteiger partial charge in [-0.05, 0) is 43.7 Å². The van der Waals surface area contributed by atoms with E-state index >= 15 is 0 Å². The number of carbonyl (C=O) groups is 2. The molecule has 0 unspecified atom stereocenters. The number of carbonyl (C=O) groups excluding carboxylic acids is 2. The van der Waals surface area contributed by atoms with Gasteiger partial charge in [0, 0.05) is 18.2 Å². The number of aromatic nitrogens is 2. The molecule has 1 fully saturated rings. The number of hydrogen-bond donors (Lipinski definition) is 2. The number of nitrogens with one attached hydrogen (secondary N) is 2. The molecule has 2 N–H and O–H groups in total. The third-order valence-electron chi connectivity index (χ3n) is 4.54. The summed E-state index contributed by atoms with van der Waals surface area (Å²) in [7, 11) is 0. The minimum Gasteiger partial charge on any atom is -0.368 e. The molecule has 3 rings (SSSR count). The van der Waals surface area contributed by atoms with Gasteiger partial charge in [-0.15, -0.1) is 11.3 Å². The standard InChI is InChI=1S/C20H26N4O3S/c1-12(2)10-14(22-19(26)16-7-5-9-27-16)20-23-15(11-28-20)18(25)24-17-13(3)6-4-8-21-17/h4,6,8,11-12,14,16H,5,7,9-10H2,1-3H3,(H,22,26)(H,21,24,25)/t14-,16+/m1/s1. The van der Waals surface area contributed by atoms with Crippen molar-refractivity contribution in [2.24, 2.45) is 5.92 Å². The van der Waals surface area contributed by atoms with Crippen LogP contribution < -0.4 is 10.6 Å². The summed E-state index contributed by atoms with van der Waals surface area (Å²) in [6.07, 6.45) is 3.64. The van der Waals surface area contributed by atoms with Crippen LogP contribution in [0.15, 0.2) is 23.7 Å². The number of nitrogens with zero attached hydrogens (tertiary/aromatic N) is 2. The molecule has 2 amide bonds. The molecule has 0 radical (unpaired) electrons. The molecule has 150 valence electrons. The molecule has 0 saturated carbocycles. The van der Waals surface area contributed by atoms with Gasteiger partial charge in [0.2, 0.25) is 5.91 Å². The van der Waals surface area contributed by atoms with Gasteiger partial charge in [0.05, 0.1) is 6.04 Å². The summed E-state index contributed by atoms with van der Waals surface area (Å²) in [5.41, 5.74) is 1.21. The van der Waals surface area contributed by atoms with E-state index in [4.69, 9.17) is 4.74 Å². The summed E-state index contributed by atoms with van der Waals surface area (Å²) in [5.74, 6) is 0.478. The molecule has 1 saturated heterocycles. The number of anilines is 1. The van der Waals surface area contributed by atoms with Gasteiger partial charge in [0.15, 0.2) is 0 Å². The molecule has 8 heteroatoms. The Hall–Kier alpha value is -2.32. The summed E-state index contributed by atoms with van der Waals surface area (Å²) in [4.78, 5) is 33.7. The first-order chi connectivity index (χ1) is 13.4. The molecule has 1 aliphatic heterocycles. The second-order valence-electron chi connectivity index (χ2n) is 7.39. The first-order valence-corrected chi connectivity index (χ1v) is 10.4. The molecule has 3 heterocycles. The fourth-order valence-electron chi connectivity index (χ4n) is 3.08. The van der Waals surface area contributed by atoms with Crippen LogP contribution in [0.1, 0.15) is 60.2 Å². The van der Waals surface area contributed by atoms with Crippen LogP contribution in [0.5, 0.6) is 0 Å². The molecular weight excluding hydrogens is 376 g/mol. The van der Waals surface area contributed by atoms with Crippen LogP contribution in [0.2, 0.25) is 0 Å². The predicted molar refractivity (Wildman–Crippen MR) is 108 cm³/mol. The number of ether oxygens (including phenoxy) is 1. The van der Waals surface area contributed by atoms with Crippen LogP contribution in [0.3, 0.4) is 0 Å². The van der Waals surface area contributed by atoms with Crippen molar-refractivity contribution in [1.82, 2.24) is 15.3 Å². The summed E-state index contributed by atoms with van der Waals surface area (Å²) >= 11 is 1.38. The van der Waals surface area contributed by atoms with Crippen molar-refractivity contribution in [3.05, 3.63) is 40.0 Å². The Bertz CT molecular complexity index is 830. The van der Waals surface area contributed by atoms with Crippen molar-refractivity contribution in [1.29, 1.82) is 0 Å². The number of hydrogen-bond acceptors (Lipinski definition) is 6. The lowest BCUT2D eigenvalue weighted by atomic mass is 10.0. The van der Waals surface area contributed by atoms with Crippen molar-refractivity contribution in [3.63, 3.8) is 0 Å². The highest BCUT2D eigenvalue weighted by atomic mass is 32.1. The summed E-state index contributed by atoms with van der Waals surface area (Å²) in [6, 6.07) is 3.47. The van der Waals surface area contributed by atoms with Gasteiger partial charge in [-0.2, -0.15) is 0 Å². The van der Waals surface area contributed by atoms with Gasteiger partial charge in [-0.3, -0.25) is 9.59 Å². The maximum absolute atomic E-state index is 12.5. The average molecular weight is 403 g/mol. The maximum atomic E-state index is 12.5. The molecule has 0 aromatic carbocycles. The summed E-state index contributed by atoms with van der Waals surface area (Å²) < 4.78 is 5.48. The number of amides is 2. The summed E-state index contributed by atoms with van der Waals surface area (Å²) in [5, 5.41) is 8.29. The molecule has 1 aliphatic rings. The van der Waals surface area contributed by atoms with E-state index in [0.717, 1.165) is 29.8 Å². The first-order valence-electron chi connectivity index (χ1n) is 9.54. The third-order valence-corrected chi connectivity index (χ3v) is 5.50. The highest BCUT2D eigenvalue weighted by Crippen LogP contribution is 2.26. The predicted octanol–water partition coefficient (Wildman–Crippen LogP) is 3.48. The second kappa shape index (κ2) is 9.25. The molecule has 28 heavy (non-hydrogen) atoms. The molecule has 0 aliphatic carbocycles. The van der Waals surface area contributed by atoms with E-state index in [1.165, 1.54) is 11.3 Å². The van der Waals surface area contributed by atoms with Crippen LogP contribution in [-0.2, 0) is 9.53 Å². The molecule has 2 atom stereocenters. The van der Waals surface area contributed by atoms with E-state index in [0.29, 0.717) is 24.0 Å². The Kier molecular flexibility index (Phi) is 6.74. The highest BCUT2D eigenvalue weighted by Gasteiger charge is 2.28. The smallest absolute Gasteiger partial charge is 0.276 e. The lowest BCUT2D eigenvalue weighted by molar-refractivity contribution is -0.130. The zero-order chi connectivity index (χ0) is 20.1. The first kappa shape index (κ1) is 20.4. The molecule has 0 bridgehead atoms. The van der Waals surface area contributed by atoms with Crippen LogP contribution in [0, 0.1) is 12.8 Å². The average Bonchev–Trinajstić information content (AvgIpc) is 3.35.